The molecule has 3 heterocycles. The molecule has 1 aromatic carbocycles. The average Bonchev–Trinajstić information content (AvgIpc) is 3.26. The lowest BCUT2D eigenvalue weighted by molar-refractivity contribution is 0.421. The van der Waals surface area contributed by atoms with Crippen LogP contribution in [0.15, 0.2) is 59.4 Å². The van der Waals surface area contributed by atoms with Gasteiger partial charge in [-0.2, -0.15) is 5.10 Å². The second-order valence-electron chi connectivity index (χ2n) is 5.35. The van der Waals surface area contributed by atoms with E-state index in [0.717, 1.165) is 0 Å². The van der Waals surface area contributed by atoms with E-state index in [1.54, 1.807) is 47.3 Å². The van der Waals surface area contributed by atoms with E-state index in [1.807, 2.05) is 0 Å². The summed E-state index contributed by atoms with van der Waals surface area (Å²) >= 11 is 0. The van der Waals surface area contributed by atoms with Gasteiger partial charge >= 0.3 is 0 Å². The molecule has 4 aromatic rings. The summed E-state index contributed by atoms with van der Waals surface area (Å²) in [7, 11) is 0. The maximum absolute atomic E-state index is 14.0. The van der Waals surface area contributed by atoms with Crippen LogP contribution in [0.25, 0.3) is 22.9 Å². The average molecular weight is 336 g/mol. The minimum Gasteiger partial charge on any atom is -0.384 e. The van der Waals surface area contributed by atoms with E-state index in [1.165, 1.54) is 12.3 Å². The summed E-state index contributed by atoms with van der Waals surface area (Å²) in [5.74, 6) is 0.430. The van der Waals surface area contributed by atoms with Crippen molar-refractivity contribution in [2.24, 2.45) is 0 Å². The van der Waals surface area contributed by atoms with Gasteiger partial charge in [-0.1, -0.05) is 23.4 Å². The first-order valence-electron chi connectivity index (χ1n) is 7.51. The highest BCUT2D eigenvalue weighted by Gasteiger charge is 2.16. The molecule has 0 aliphatic heterocycles. The lowest BCUT2D eigenvalue weighted by atomic mass is 10.2. The topological polar surface area (TPSA) is 95.7 Å². The van der Waals surface area contributed by atoms with Crippen molar-refractivity contribution in [1.82, 2.24) is 24.9 Å². The van der Waals surface area contributed by atoms with Crippen LogP contribution in [-0.4, -0.2) is 24.9 Å². The van der Waals surface area contributed by atoms with E-state index < -0.39 is 0 Å². The Morgan fingerprint density at radius 3 is 2.76 bits per heavy atom. The number of nitrogens with two attached hydrogens (primary N) is 1. The minimum absolute atomic E-state index is 0.233. The summed E-state index contributed by atoms with van der Waals surface area (Å²) in [4.78, 5) is 8.36. The van der Waals surface area contributed by atoms with Crippen LogP contribution in [-0.2, 0) is 6.54 Å². The van der Waals surface area contributed by atoms with Crippen LogP contribution in [0.1, 0.15) is 5.56 Å². The van der Waals surface area contributed by atoms with Crippen LogP contribution < -0.4 is 5.73 Å². The van der Waals surface area contributed by atoms with Gasteiger partial charge in [0, 0.05) is 17.8 Å². The first-order valence-corrected chi connectivity index (χ1v) is 7.51. The molecular formula is C17H13FN6O. The predicted octanol–water partition coefficient (Wildman–Crippen LogP) is 2.76. The molecule has 0 saturated heterocycles. The van der Waals surface area contributed by atoms with Crippen molar-refractivity contribution in [2.75, 3.05) is 5.73 Å². The van der Waals surface area contributed by atoms with Gasteiger partial charge in [0.2, 0.25) is 0 Å². The summed E-state index contributed by atoms with van der Waals surface area (Å²) in [6.45, 7) is 0.233. The SMILES string of the molecule is Nc1ccnc(-c2cc(-c3ccon3)n(Cc3ccccc3F)n2)n1. The smallest absolute Gasteiger partial charge is 0.182 e. The largest absolute Gasteiger partial charge is 0.384 e. The molecule has 124 valence electrons. The summed E-state index contributed by atoms with van der Waals surface area (Å²) in [5, 5.41) is 8.44. The maximum atomic E-state index is 14.0. The first-order chi connectivity index (χ1) is 12.2. The molecule has 4 rings (SSSR count). The molecule has 0 aliphatic carbocycles. The van der Waals surface area contributed by atoms with E-state index >= 15 is 0 Å². The quantitative estimate of drug-likeness (QED) is 0.615. The summed E-state index contributed by atoms with van der Waals surface area (Å²) < 4.78 is 20.6. The highest BCUT2D eigenvalue weighted by Crippen LogP contribution is 2.25. The zero-order valence-corrected chi connectivity index (χ0v) is 13.0. The van der Waals surface area contributed by atoms with E-state index in [4.69, 9.17) is 10.3 Å². The number of anilines is 1. The highest BCUT2D eigenvalue weighted by molar-refractivity contribution is 5.63. The van der Waals surface area contributed by atoms with Crippen molar-refractivity contribution >= 4 is 5.82 Å². The fourth-order valence-electron chi connectivity index (χ4n) is 2.48. The normalized spacial score (nSPS) is 10.9. The Kier molecular flexibility index (Phi) is 3.70. The molecule has 0 fully saturated rings. The van der Waals surface area contributed by atoms with Gasteiger partial charge in [0.25, 0.3) is 0 Å². The molecule has 0 radical (unpaired) electrons. The van der Waals surface area contributed by atoms with Crippen LogP contribution in [0, 0.1) is 5.82 Å². The molecule has 0 saturated carbocycles. The van der Waals surface area contributed by atoms with E-state index in [9.17, 15) is 4.39 Å². The molecule has 3 aromatic heterocycles. The third-order valence-corrected chi connectivity index (χ3v) is 3.66. The Bertz CT molecular complexity index is 1010. The van der Waals surface area contributed by atoms with Gasteiger partial charge in [-0.15, -0.1) is 0 Å². The van der Waals surface area contributed by atoms with E-state index in [0.29, 0.717) is 34.3 Å². The molecule has 0 amide bonds. The summed E-state index contributed by atoms with van der Waals surface area (Å²) in [6, 6.07) is 11.6. The zero-order valence-electron chi connectivity index (χ0n) is 13.0. The van der Waals surface area contributed by atoms with Gasteiger partial charge in [0.15, 0.2) is 5.82 Å². The lowest BCUT2D eigenvalue weighted by Gasteiger charge is -2.06. The van der Waals surface area contributed by atoms with Crippen molar-refractivity contribution in [1.29, 1.82) is 0 Å². The molecule has 7 nitrogen and oxygen atoms in total. The number of hydrogen-bond acceptors (Lipinski definition) is 6. The zero-order chi connectivity index (χ0) is 17.2. The molecule has 0 spiro atoms. The van der Waals surface area contributed by atoms with Crippen LogP contribution >= 0.6 is 0 Å². The van der Waals surface area contributed by atoms with Crippen molar-refractivity contribution in [3.63, 3.8) is 0 Å². The van der Waals surface area contributed by atoms with Gasteiger partial charge in [0.1, 0.15) is 29.3 Å². The van der Waals surface area contributed by atoms with Crippen LogP contribution in [0.3, 0.4) is 0 Å². The number of nitrogen functional groups attached to an aromatic ring is 1. The standard InChI is InChI=1S/C17H13FN6O/c18-12-4-2-1-3-11(12)10-24-15(13-6-8-25-23-13)9-14(22-24)17-20-7-5-16(19)21-17/h1-9H,10H2,(H2,19,20,21). The minimum atomic E-state index is -0.300. The van der Waals surface area contributed by atoms with Gasteiger partial charge < -0.3 is 10.3 Å². The lowest BCUT2D eigenvalue weighted by Crippen LogP contribution is -2.06. The van der Waals surface area contributed by atoms with Crippen molar-refractivity contribution in [2.45, 2.75) is 6.54 Å². The third-order valence-electron chi connectivity index (χ3n) is 3.66. The Morgan fingerprint density at radius 2 is 2.00 bits per heavy atom. The van der Waals surface area contributed by atoms with E-state index in [2.05, 4.69) is 20.2 Å². The predicted molar refractivity (Wildman–Crippen MR) is 88.7 cm³/mol. The fraction of sp³-hybridized carbons (Fsp3) is 0.0588. The van der Waals surface area contributed by atoms with Crippen LogP contribution in [0.4, 0.5) is 10.2 Å². The number of nitrogens with zero attached hydrogens (tertiary/aromatic N) is 5. The number of rotatable bonds is 4. The molecule has 0 unspecified atom stereocenters. The molecule has 0 bridgehead atoms. The van der Waals surface area contributed by atoms with Crippen LogP contribution in [0.5, 0.6) is 0 Å². The van der Waals surface area contributed by atoms with Gasteiger partial charge in [-0.05, 0) is 18.2 Å². The third kappa shape index (κ3) is 2.97. The van der Waals surface area contributed by atoms with Gasteiger partial charge in [0.05, 0.1) is 12.2 Å². The van der Waals surface area contributed by atoms with Crippen LogP contribution in [0.2, 0.25) is 0 Å². The molecule has 0 aliphatic rings. The first kappa shape index (κ1) is 15.0. The molecular weight excluding hydrogens is 323 g/mol. The monoisotopic (exact) mass is 336 g/mol. The summed E-state index contributed by atoms with van der Waals surface area (Å²) in [5.41, 5.74) is 7.99. The van der Waals surface area contributed by atoms with Crippen molar-refractivity contribution < 1.29 is 8.91 Å². The Hall–Kier alpha value is -3.55. The van der Waals surface area contributed by atoms with Gasteiger partial charge in [-0.3, -0.25) is 4.68 Å². The summed E-state index contributed by atoms with van der Waals surface area (Å²) in [6.07, 6.45) is 3.02. The molecule has 0 atom stereocenters. The number of halogens is 1. The number of hydrogen-bond donors (Lipinski definition) is 1. The number of benzene rings is 1. The van der Waals surface area contributed by atoms with Gasteiger partial charge in [-0.25, -0.2) is 14.4 Å². The second-order valence-corrected chi connectivity index (χ2v) is 5.35. The van der Waals surface area contributed by atoms with E-state index in [-0.39, 0.29) is 12.4 Å². The maximum Gasteiger partial charge on any atom is 0.182 e. The van der Waals surface area contributed by atoms with Crippen molar-refractivity contribution in [3.05, 3.63) is 66.3 Å². The fourth-order valence-corrected chi connectivity index (χ4v) is 2.48. The van der Waals surface area contributed by atoms with Crippen molar-refractivity contribution in [3.8, 4) is 22.9 Å². The Balaban J connectivity index is 1.80. The molecule has 25 heavy (non-hydrogen) atoms. The second kappa shape index (κ2) is 6.16. The Morgan fingerprint density at radius 1 is 1.12 bits per heavy atom. The number of aromatic nitrogens is 5. The highest BCUT2D eigenvalue weighted by atomic mass is 19.1. The molecule has 8 heteroatoms. The molecule has 2 N–H and O–H groups in total. The Labute approximate surface area is 141 Å².